The largest absolute Gasteiger partial charge is 0.375 e. The third kappa shape index (κ3) is 4.59. The SMILES string of the molecule is C=C(CNC(C)(C)C)CN1CCOC2CCCCC21. The zero-order valence-electron chi connectivity index (χ0n) is 12.9. The molecule has 2 fully saturated rings. The second kappa shape index (κ2) is 6.38. The van der Waals surface area contributed by atoms with Crippen LogP contribution < -0.4 is 5.32 Å². The Morgan fingerprint density at radius 1 is 1.32 bits per heavy atom. The average molecular weight is 266 g/mol. The Hall–Kier alpha value is -0.380. The van der Waals surface area contributed by atoms with Gasteiger partial charge in [-0.3, -0.25) is 4.90 Å². The van der Waals surface area contributed by atoms with E-state index >= 15 is 0 Å². The van der Waals surface area contributed by atoms with E-state index in [1.165, 1.54) is 31.3 Å². The molecule has 2 aliphatic rings. The van der Waals surface area contributed by atoms with E-state index in [9.17, 15) is 0 Å². The summed E-state index contributed by atoms with van der Waals surface area (Å²) in [6.45, 7) is 14.7. The normalized spacial score (nSPS) is 29.0. The Bertz CT molecular complexity index is 306. The molecular weight excluding hydrogens is 236 g/mol. The van der Waals surface area contributed by atoms with Crippen molar-refractivity contribution < 1.29 is 4.74 Å². The lowest BCUT2D eigenvalue weighted by Crippen LogP contribution is -2.53. The van der Waals surface area contributed by atoms with Crippen LogP contribution in [0.5, 0.6) is 0 Å². The van der Waals surface area contributed by atoms with Gasteiger partial charge in [-0.05, 0) is 39.2 Å². The summed E-state index contributed by atoms with van der Waals surface area (Å²) in [5.74, 6) is 0. The molecule has 1 aliphatic heterocycles. The molecule has 0 radical (unpaired) electrons. The van der Waals surface area contributed by atoms with Crippen LogP contribution >= 0.6 is 0 Å². The predicted molar refractivity (Wildman–Crippen MR) is 80.5 cm³/mol. The Morgan fingerprint density at radius 2 is 2.05 bits per heavy atom. The zero-order valence-corrected chi connectivity index (χ0v) is 12.9. The predicted octanol–water partition coefficient (Wildman–Crippen LogP) is 2.57. The molecule has 1 heterocycles. The molecule has 0 aromatic heterocycles. The third-order valence-electron chi connectivity index (χ3n) is 4.14. The van der Waals surface area contributed by atoms with Crippen molar-refractivity contribution in [3.63, 3.8) is 0 Å². The minimum Gasteiger partial charge on any atom is -0.375 e. The van der Waals surface area contributed by atoms with Crippen LogP contribution in [0.15, 0.2) is 12.2 Å². The van der Waals surface area contributed by atoms with Crippen molar-refractivity contribution in [2.24, 2.45) is 0 Å². The monoisotopic (exact) mass is 266 g/mol. The fourth-order valence-electron chi connectivity index (χ4n) is 3.11. The highest BCUT2D eigenvalue weighted by atomic mass is 16.5. The average Bonchev–Trinajstić information content (AvgIpc) is 2.36. The van der Waals surface area contributed by atoms with Gasteiger partial charge in [-0.25, -0.2) is 0 Å². The molecule has 110 valence electrons. The number of nitrogens with one attached hydrogen (secondary N) is 1. The van der Waals surface area contributed by atoms with Gasteiger partial charge in [0, 0.05) is 31.2 Å². The molecule has 3 nitrogen and oxygen atoms in total. The van der Waals surface area contributed by atoms with E-state index in [0.29, 0.717) is 12.1 Å². The van der Waals surface area contributed by atoms with E-state index < -0.39 is 0 Å². The van der Waals surface area contributed by atoms with E-state index in [-0.39, 0.29) is 5.54 Å². The molecular formula is C16H30N2O. The van der Waals surface area contributed by atoms with Crippen LogP contribution in [0.3, 0.4) is 0 Å². The van der Waals surface area contributed by atoms with Gasteiger partial charge in [0.15, 0.2) is 0 Å². The molecule has 2 unspecified atom stereocenters. The Morgan fingerprint density at radius 3 is 2.79 bits per heavy atom. The molecule has 0 amide bonds. The Balaban J connectivity index is 1.82. The van der Waals surface area contributed by atoms with Gasteiger partial charge < -0.3 is 10.1 Å². The van der Waals surface area contributed by atoms with Gasteiger partial charge in [-0.1, -0.05) is 19.4 Å². The van der Waals surface area contributed by atoms with E-state index in [0.717, 1.165) is 26.2 Å². The molecule has 1 N–H and O–H groups in total. The molecule has 1 saturated carbocycles. The topological polar surface area (TPSA) is 24.5 Å². The quantitative estimate of drug-likeness (QED) is 0.792. The first-order chi connectivity index (χ1) is 8.96. The van der Waals surface area contributed by atoms with Crippen molar-refractivity contribution in [3.8, 4) is 0 Å². The first-order valence-electron chi connectivity index (χ1n) is 7.73. The van der Waals surface area contributed by atoms with Crippen LogP contribution in [0.1, 0.15) is 46.5 Å². The fourth-order valence-corrected chi connectivity index (χ4v) is 3.11. The van der Waals surface area contributed by atoms with E-state index in [1.54, 1.807) is 0 Å². The lowest BCUT2D eigenvalue weighted by Gasteiger charge is -2.44. The molecule has 0 aromatic rings. The van der Waals surface area contributed by atoms with E-state index in [2.05, 4.69) is 37.6 Å². The van der Waals surface area contributed by atoms with Crippen molar-refractivity contribution >= 4 is 0 Å². The highest BCUT2D eigenvalue weighted by Gasteiger charge is 2.34. The minimum atomic E-state index is 0.168. The van der Waals surface area contributed by atoms with Gasteiger partial charge in [0.2, 0.25) is 0 Å². The molecule has 1 saturated heterocycles. The highest BCUT2D eigenvalue weighted by Crippen LogP contribution is 2.28. The number of hydrogen-bond acceptors (Lipinski definition) is 3. The summed E-state index contributed by atoms with van der Waals surface area (Å²) in [7, 11) is 0. The maximum Gasteiger partial charge on any atom is 0.0731 e. The van der Waals surface area contributed by atoms with Gasteiger partial charge >= 0.3 is 0 Å². The summed E-state index contributed by atoms with van der Waals surface area (Å²) in [5.41, 5.74) is 1.46. The second-order valence-corrected chi connectivity index (χ2v) is 7.09. The van der Waals surface area contributed by atoms with Gasteiger partial charge in [0.25, 0.3) is 0 Å². The van der Waals surface area contributed by atoms with Crippen molar-refractivity contribution in [2.75, 3.05) is 26.2 Å². The molecule has 0 aromatic carbocycles. The lowest BCUT2D eigenvalue weighted by atomic mass is 9.90. The van der Waals surface area contributed by atoms with Crippen LogP contribution in [0.2, 0.25) is 0 Å². The number of nitrogens with zero attached hydrogens (tertiary/aromatic N) is 1. The van der Waals surface area contributed by atoms with Crippen LogP contribution in [-0.4, -0.2) is 48.8 Å². The number of fused-ring (bicyclic) bond motifs is 1. The zero-order chi connectivity index (χ0) is 13.9. The van der Waals surface area contributed by atoms with Crippen molar-refractivity contribution in [3.05, 3.63) is 12.2 Å². The van der Waals surface area contributed by atoms with Crippen LogP contribution in [-0.2, 0) is 4.74 Å². The lowest BCUT2D eigenvalue weighted by molar-refractivity contribution is -0.0849. The molecule has 0 spiro atoms. The molecule has 3 heteroatoms. The van der Waals surface area contributed by atoms with E-state index in [1.807, 2.05) is 0 Å². The number of ether oxygens (including phenoxy) is 1. The summed E-state index contributed by atoms with van der Waals surface area (Å²) < 4.78 is 5.92. The standard InChI is InChI=1S/C16H30N2O/c1-13(11-17-16(2,3)4)12-18-9-10-19-15-8-6-5-7-14(15)18/h14-15,17H,1,5-12H2,2-4H3. The van der Waals surface area contributed by atoms with Crippen LogP contribution in [0.4, 0.5) is 0 Å². The van der Waals surface area contributed by atoms with Crippen molar-refractivity contribution in [2.45, 2.75) is 64.1 Å². The Kier molecular flexibility index (Phi) is 5.04. The maximum atomic E-state index is 5.92. The molecule has 2 atom stereocenters. The minimum absolute atomic E-state index is 0.168. The highest BCUT2D eigenvalue weighted by molar-refractivity contribution is 5.03. The number of rotatable bonds is 4. The number of hydrogen-bond donors (Lipinski definition) is 1. The first-order valence-corrected chi connectivity index (χ1v) is 7.73. The first kappa shape index (κ1) is 15.0. The maximum absolute atomic E-state index is 5.92. The van der Waals surface area contributed by atoms with Crippen LogP contribution in [0, 0.1) is 0 Å². The molecule has 1 aliphatic carbocycles. The van der Waals surface area contributed by atoms with Gasteiger partial charge in [0.1, 0.15) is 0 Å². The molecule has 19 heavy (non-hydrogen) atoms. The summed E-state index contributed by atoms with van der Waals surface area (Å²) in [5, 5.41) is 3.53. The van der Waals surface area contributed by atoms with Gasteiger partial charge in [-0.15, -0.1) is 0 Å². The second-order valence-electron chi connectivity index (χ2n) is 7.09. The Labute approximate surface area is 118 Å². The van der Waals surface area contributed by atoms with Crippen LogP contribution in [0.25, 0.3) is 0 Å². The molecule has 2 rings (SSSR count). The third-order valence-corrected chi connectivity index (χ3v) is 4.14. The summed E-state index contributed by atoms with van der Waals surface area (Å²) in [4.78, 5) is 2.60. The summed E-state index contributed by atoms with van der Waals surface area (Å²) >= 11 is 0. The van der Waals surface area contributed by atoms with E-state index in [4.69, 9.17) is 4.74 Å². The van der Waals surface area contributed by atoms with Gasteiger partial charge in [-0.2, -0.15) is 0 Å². The fraction of sp³-hybridized carbons (Fsp3) is 0.875. The van der Waals surface area contributed by atoms with Gasteiger partial charge in [0.05, 0.1) is 12.7 Å². The van der Waals surface area contributed by atoms with Crippen molar-refractivity contribution in [1.29, 1.82) is 0 Å². The molecule has 0 bridgehead atoms. The number of morpholine rings is 1. The smallest absolute Gasteiger partial charge is 0.0731 e. The van der Waals surface area contributed by atoms with Crippen molar-refractivity contribution in [1.82, 2.24) is 10.2 Å². The summed E-state index contributed by atoms with van der Waals surface area (Å²) in [6.07, 6.45) is 5.71. The summed E-state index contributed by atoms with van der Waals surface area (Å²) in [6, 6.07) is 0.633.